The van der Waals surface area contributed by atoms with Gasteiger partial charge in [0.15, 0.2) is 0 Å². The molecule has 0 bridgehead atoms. The van der Waals surface area contributed by atoms with Gasteiger partial charge in [-0.05, 0) is 30.5 Å². The van der Waals surface area contributed by atoms with Crippen molar-refractivity contribution < 1.29 is 40.3 Å². The van der Waals surface area contributed by atoms with Crippen molar-refractivity contribution in [3.63, 3.8) is 0 Å². The summed E-state index contributed by atoms with van der Waals surface area (Å²) in [5.74, 6) is -6.70. The average Bonchev–Trinajstić information content (AvgIpc) is 3.26. The fourth-order valence-electron chi connectivity index (χ4n) is 3.89. The van der Waals surface area contributed by atoms with Crippen LogP contribution in [-0.4, -0.2) is 39.8 Å². The number of carbonyl (C=O) groups is 2. The van der Waals surface area contributed by atoms with Crippen molar-refractivity contribution in [2.45, 2.75) is 103 Å². The first-order chi connectivity index (χ1) is 18.2. The Bertz CT molecular complexity index is 1080. The van der Waals surface area contributed by atoms with Crippen LogP contribution in [0.2, 0.25) is 0 Å². The van der Waals surface area contributed by atoms with Crippen LogP contribution in [-0.2, 0) is 22.7 Å². The lowest BCUT2D eigenvalue weighted by Crippen LogP contribution is -2.24. The maximum atomic E-state index is 12.8. The number of amides is 2. The molecule has 0 radical (unpaired) electrons. The van der Waals surface area contributed by atoms with E-state index in [0.29, 0.717) is 35.3 Å². The van der Waals surface area contributed by atoms with Gasteiger partial charge in [0.25, 0.3) is 5.92 Å². The largest absolute Gasteiger partial charge is 0.389 e. The second kappa shape index (κ2) is 14.0. The molecule has 220 valence electrons. The van der Waals surface area contributed by atoms with Crippen LogP contribution in [0.15, 0.2) is 18.2 Å². The third kappa shape index (κ3) is 11.8. The fraction of sp³-hybridized carbons (Fsp3) is 0.654. The molecule has 2 fully saturated rings. The molecule has 2 aromatic rings. The molecule has 13 heteroatoms. The maximum absolute atomic E-state index is 12.8. The van der Waals surface area contributed by atoms with Crippen molar-refractivity contribution in [1.82, 2.24) is 20.6 Å². The third-order valence-electron chi connectivity index (χ3n) is 6.15. The van der Waals surface area contributed by atoms with Gasteiger partial charge in [0, 0.05) is 44.6 Å². The Kier molecular flexibility index (Phi) is 11.6. The van der Waals surface area contributed by atoms with Gasteiger partial charge < -0.3 is 15.6 Å². The molecule has 4 rings (SSSR count). The molecule has 1 aromatic carbocycles. The highest BCUT2D eigenvalue weighted by Gasteiger charge is 2.57. The summed E-state index contributed by atoms with van der Waals surface area (Å²) in [6.07, 6.45) is -4.02. The summed E-state index contributed by atoms with van der Waals surface area (Å²) in [5, 5.41) is 4.96. The van der Waals surface area contributed by atoms with Crippen molar-refractivity contribution in [3.8, 4) is 0 Å². The number of nitrogens with one attached hydrogen (secondary N) is 3. The predicted octanol–water partition coefficient (Wildman–Crippen LogP) is 6.80. The summed E-state index contributed by atoms with van der Waals surface area (Å²) in [7, 11) is 0. The summed E-state index contributed by atoms with van der Waals surface area (Å²) >= 11 is 0. The molecule has 1 heterocycles. The van der Waals surface area contributed by atoms with Gasteiger partial charge in [-0.3, -0.25) is 9.59 Å². The van der Waals surface area contributed by atoms with Gasteiger partial charge in [0.1, 0.15) is 5.82 Å². The lowest BCUT2D eigenvalue weighted by molar-refractivity contribution is -0.144. The zero-order valence-electron chi connectivity index (χ0n) is 22.0. The lowest BCUT2D eigenvalue weighted by Gasteiger charge is -2.20. The number of fused-ring (bicyclic) bond motifs is 1. The second-order valence-electron chi connectivity index (χ2n) is 9.49. The van der Waals surface area contributed by atoms with Gasteiger partial charge in [0.05, 0.1) is 24.0 Å². The Morgan fingerprint density at radius 3 is 2.15 bits per heavy atom. The minimum atomic E-state index is -4.38. The fourth-order valence-corrected chi connectivity index (χ4v) is 3.89. The zero-order valence-corrected chi connectivity index (χ0v) is 22.0. The summed E-state index contributed by atoms with van der Waals surface area (Å²) in [6, 6.07) is 5.02. The standard InChI is InChI=1S/C18H19F5N4O2.C6H10F2.C2H6/c19-17(20)7-11(17)6-16(29)25-9-14-26-12-2-1-10(5-13(12)27-14)8-24-15(28)3-4-18(21,22)23;7-6(8)4-2-1-3-5-6;1-2/h1-2,5,11H,3-4,6-9H2,(H,24,28)(H,25,29)(H,26,27);1-5H2;1-2H3/t11-;;/m1../s1. The quantitative estimate of drug-likeness (QED) is 0.306. The first-order valence-corrected chi connectivity index (χ1v) is 13.1. The molecule has 1 aromatic heterocycles. The highest BCUT2D eigenvalue weighted by atomic mass is 19.4. The number of nitrogens with zero attached hydrogens (tertiary/aromatic N) is 1. The number of hydrogen-bond donors (Lipinski definition) is 3. The first-order valence-electron chi connectivity index (χ1n) is 13.1. The monoisotopic (exact) mass is 568 g/mol. The van der Waals surface area contributed by atoms with E-state index in [1.165, 1.54) is 0 Å². The molecule has 2 saturated carbocycles. The number of halogens is 7. The van der Waals surface area contributed by atoms with Crippen LogP contribution in [0.5, 0.6) is 0 Å². The van der Waals surface area contributed by atoms with Crippen molar-refractivity contribution in [3.05, 3.63) is 29.6 Å². The molecule has 0 saturated heterocycles. The van der Waals surface area contributed by atoms with E-state index in [2.05, 4.69) is 20.6 Å². The number of aromatic amines is 1. The van der Waals surface area contributed by atoms with E-state index >= 15 is 0 Å². The van der Waals surface area contributed by atoms with Gasteiger partial charge in [-0.25, -0.2) is 22.5 Å². The average molecular weight is 569 g/mol. The summed E-state index contributed by atoms with van der Waals surface area (Å²) in [6.45, 7) is 4.11. The second-order valence-corrected chi connectivity index (χ2v) is 9.49. The molecule has 0 unspecified atom stereocenters. The van der Waals surface area contributed by atoms with Gasteiger partial charge in [-0.1, -0.05) is 26.3 Å². The number of rotatable bonds is 8. The number of hydrogen-bond acceptors (Lipinski definition) is 3. The van der Waals surface area contributed by atoms with Gasteiger partial charge in [-0.2, -0.15) is 13.2 Å². The molecule has 1 atom stereocenters. The number of aromatic nitrogens is 2. The molecule has 2 aliphatic rings. The topological polar surface area (TPSA) is 86.9 Å². The Hall–Kier alpha value is -2.86. The third-order valence-corrected chi connectivity index (χ3v) is 6.15. The maximum Gasteiger partial charge on any atom is 0.389 e. The minimum Gasteiger partial charge on any atom is -0.352 e. The number of carbonyl (C=O) groups excluding carboxylic acids is 2. The number of imidazole rings is 1. The van der Waals surface area contributed by atoms with E-state index in [1.54, 1.807) is 18.2 Å². The molecule has 39 heavy (non-hydrogen) atoms. The van der Waals surface area contributed by atoms with E-state index in [1.807, 2.05) is 13.8 Å². The van der Waals surface area contributed by atoms with Crippen LogP contribution < -0.4 is 10.6 Å². The Balaban J connectivity index is 0.000000451. The summed E-state index contributed by atoms with van der Waals surface area (Å²) in [4.78, 5) is 30.4. The Morgan fingerprint density at radius 1 is 1.00 bits per heavy atom. The van der Waals surface area contributed by atoms with E-state index in [0.717, 1.165) is 6.42 Å². The Labute approximate surface area is 222 Å². The number of H-pyrrole nitrogens is 1. The van der Waals surface area contributed by atoms with Gasteiger partial charge in [-0.15, -0.1) is 0 Å². The number of alkyl halides is 7. The SMILES string of the molecule is CC.FC1(F)CCCCC1.O=C(CCC(F)(F)F)NCc1ccc2nc(CNC(=O)C[C@@H]3CC3(F)F)[nH]c2c1. The van der Waals surface area contributed by atoms with Gasteiger partial charge >= 0.3 is 6.18 Å². The van der Waals surface area contributed by atoms with Crippen LogP contribution in [0.1, 0.15) is 83.0 Å². The summed E-state index contributed by atoms with van der Waals surface area (Å²) < 4.78 is 86.4. The Morgan fingerprint density at radius 2 is 1.62 bits per heavy atom. The molecule has 0 aliphatic heterocycles. The molecule has 6 nitrogen and oxygen atoms in total. The first kappa shape index (κ1) is 32.4. The molecule has 3 N–H and O–H groups in total. The van der Waals surface area contributed by atoms with E-state index < -0.39 is 48.6 Å². The highest BCUT2D eigenvalue weighted by molar-refractivity contribution is 5.78. The predicted molar refractivity (Wildman–Crippen MR) is 132 cm³/mol. The molecule has 0 spiro atoms. The van der Waals surface area contributed by atoms with Crippen molar-refractivity contribution in [2.75, 3.05) is 0 Å². The van der Waals surface area contributed by atoms with E-state index in [9.17, 15) is 40.3 Å². The van der Waals surface area contributed by atoms with Crippen LogP contribution in [0, 0.1) is 5.92 Å². The highest BCUT2D eigenvalue weighted by Crippen LogP contribution is 2.50. The molecule has 2 amide bonds. The molecular formula is C26H35F7N4O2. The molecular weight excluding hydrogens is 533 g/mol. The van der Waals surface area contributed by atoms with Crippen molar-refractivity contribution in [2.24, 2.45) is 5.92 Å². The summed E-state index contributed by atoms with van der Waals surface area (Å²) in [5.41, 5.74) is 1.87. The zero-order chi connectivity index (χ0) is 29.3. The smallest absolute Gasteiger partial charge is 0.352 e. The van der Waals surface area contributed by atoms with E-state index in [-0.39, 0.29) is 38.8 Å². The van der Waals surface area contributed by atoms with Gasteiger partial charge in [0.2, 0.25) is 17.7 Å². The van der Waals surface area contributed by atoms with Crippen LogP contribution >= 0.6 is 0 Å². The van der Waals surface area contributed by atoms with Crippen molar-refractivity contribution in [1.29, 1.82) is 0 Å². The van der Waals surface area contributed by atoms with Crippen molar-refractivity contribution >= 4 is 22.8 Å². The van der Waals surface area contributed by atoms with Crippen LogP contribution in [0.4, 0.5) is 30.7 Å². The minimum absolute atomic E-state index is 0.0509. The van der Waals surface area contributed by atoms with Crippen LogP contribution in [0.3, 0.4) is 0 Å². The normalized spacial score (nSPS) is 19.2. The lowest BCUT2D eigenvalue weighted by atomic mass is 9.97. The van der Waals surface area contributed by atoms with Crippen LogP contribution in [0.25, 0.3) is 11.0 Å². The number of benzene rings is 1. The van der Waals surface area contributed by atoms with E-state index in [4.69, 9.17) is 0 Å². The molecule has 2 aliphatic carbocycles.